The summed E-state index contributed by atoms with van der Waals surface area (Å²) in [7, 11) is 0. The number of ether oxygens (including phenoxy) is 2. The van der Waals surface area contributed by atoms with Crippen molar-refractivity contribution in [3.8, 4) is 11.3 Å². The molecule has 0 bridgehead atoms. The van der Waals surface area contributed by atoms with E-state index in [-0.39, 0.29) is 36.0 Å². The number of carbonyl (C=O) groups is 2. The van der Waals surface area contributed by atoms with E-state index in [0.717, 1.165) is 5.56 Å². The second-order valence-electron chi connectivity index (χ2n) is 5.97. The Balaban J connectivity index is 1.93. The largest absolute Gasteiger partial charge is 0.462 e. The number of rotatable bonds is 7. The third-order valence-electron chi connectivity index (χ3n) is 4.02. The number of esters is 2. The summed E-state index contributed by atoms with van der Waals surface area (Å²) in [5.41, 5.74) is 1.63. The van der Waals surface area contributed by atoms with E-state index in [1.165, 1.54) is 0 Å². The molecule has 1 N–H and O–H groups in total. The smallest absolute Gasteiger partial charge is 0.344 e. The van der Waals surface area contributed by atoms with Crippen LogP contribution in [0.5, 0.6) is 0 Å². The molecule has 3 rings (SSSR count). The van der Waals surface area contributed by atoms with E-state index in [1.807, 2.05) is 30.3 Å². The topological polar surface area (TPSA) is 104 Å². The van der Waals surface area contributed by atoms with Crippen LogP contribution >= 0.6 is 0 Å². The minimum absolute atomic E-state index is 0.0293. The summed E-state index contributed by atoms with van der Waals surface area (Å²) in [5.74, 6) is -0.716. The number of hydrogen-bond donors (Lipinski definition) is 1. The maximum Gasteiger partial charge on any atom is 0.344 e. The van der Waals surface area contributed by atoms with Gasteiger partial charge in [0.25, 0.3) is 0 Å². The fourth-order valence-electron chi connectivity index (χ4n) is 2.76. The van der Waals surface area contributed by atoms with Gasteiger partial charge in [-0.2, -0.15) is 0 Å². The number of carbonyl (C=O) groups excluding carboxylic acids is 2. The molecule has 0 aliphatic heterocycles. The summed E-state index contributed by atoms with van der Waals surface area (Å²) in [5, 5.41) is 11.2. The van der Waals surface area contributed by atoms with Gasteiger partial charge in [-0.15, -0.1) is 10.2 Å². The SMILES string of the molecule is CCOC(=O)c1c(C)oc(Nc2ccc(-c3ccccc3)nn2)c1C(=O)OCC. The summed E-state index contributed by atoms with van der Waals surface area (Å²) < 4.78 is 15.7. The van der Waals surface area contributed by atoms with Crippen molar-refractivity contribution in [2.45, 2.75) is 20.8 Å². The van der Waals surface area contributed by atoms with Gasteiger partial charge in [0.2, 0.25) is 5.88 Å². The lowest BCUT2D eigenvalue weighted by Crippen LogP contribution is -2.14. The third-order valence-corrected chi connectivity index (χ3v) is 4.02. The highest BCUT2D eigenvalue weighted by Gasteiger charge is 2.30. The van der Waals surface area contributed by atoms with Crippen LogP contribution in [0.3, 0.4) is 0 Å². The molecule has 0 aliphatic rings. The van der Waals surface area contributed by atoms with Crippen molar-refractivity contribution in [3.63, 3.8) is 0 Å². The standard InChI is InChI=1S/C21H21N3O5/c1-4-27-20(25)17-13(3)29-19(18(17)21(26)28-5-2)22-16-12-11-15(23-24-16)14-9-7-6-8-10-14/h6-12H,4-5H2,1-3H3,(H,22,24). The van der Waals surface area contributed by atoms with E-state index in [0.29, 0.717) is 11.5 Å². The summed E-state index contributed by atoms with van der Waals surface area (Å²) in [6.07, 6.45) is 0. The molecule has 0 spiro atoms. The van der Waals surface area contributed by atoms with E-state index in [1.54, 1.807) is 32.9 Å². The lowest BCUT2D eigenvalue weighted by molar-refractivity contribution is 0.0480. The first-order valence-corrected chi connectivity index (χ1v) is 9.18. The van der Waals surface area contributed by atoms with Crippen molar-refractivity contribution < 1.29 is 23.5 Å². The number of furan rings is 1. The fourth-order valence-corrected chi connectivity index (χ4v) is 2.76. The molecular weight excluding hydrogens is 374 g/mol. The number of hydrogen-bond acceptors (Lipinski definition) is 8. The van der Waals surface area contributed by atoms with Crippen molar-refractivity contribution in [1.29, 1.82) is 0 Å². The van der Waals surface area contributed by atoms with Crippen molar-refractivity contribution in [1.82, 2.24) is 10.2 Å². The first-order chi connectivity index (χ1) is 14.0. The maximum absolute atomic E-state index is 12.5. The predicted octanol–water partition coefficient (Wildman–Crippen LogP) is 4.14. The van der Waals surface area contributed by atoms with Crippen molar-refractivity contribution >= 4 is 23.6 Å². The number of aryl methyl sites for hydroxylation is 1. The Morgan fingerprint density at radius 2 is 1.59 bits per heavy atom. The molecule has 0 amide bonds. The van der Waals surface area contributed by atoms with Crippen LogP contribution in [0, 0.1) is 6.92 Å². The minimum atomic E-state index is -0.691. The molecule has 2 aromatic heterocycles. The highest BCUT2D eigenvalue weighted by Crippen LogP contribution is 2.31. The highest BCUT2D eigenvalue weighted by atomic mass is 16.5. The van der Waals surface area contributed by atoms with E-state index < -0.39 is 11.9 Å². The minimum Gasteiger partial charge on any atom is -0.462 e. The van der Waals surface area contributed by atoms with Gasteiger partial charge < -0.3 is 19.2 Å². The summed E-state index contributed by atoms with van der Waals surface area (Å²) in [4.78, 5) is 24.8. The first-order valence-electron chi connectivity index (χ1n) is 9.18. The van der Waals surface area contributed by atoms with E-state index >= 15 is 0 Å². The fraction of sp³-hybridized carbons (Fsp3) is 0.238. The monoisotopic (exact) mass is 395 g/mol. The Hall–Kier alpha value is -3.68. The first kappa shape index (κ1) is 20.1. The molecule has 1 aromatic carbocycles. The highest BCUT2D eigenvalue weighted by molar-refractivity contribution is 6.07. The van der Waals surface area contributed by atoms with Crippen LogP contribution in [0.25, 0.3) is 11.3 Å². The van der Waals surface area contributed by atoms with Crippen LogP contribution in [0.1, 0.15) is 40.3 Å². The Kier molecular flexibility index (Phi) is 6.23. The molecule has 0 unspecified atom stereocenters. The van der Waals surface area contributed by atoms with Crippen molar-refractivity contribution in [3.05, 3.63) is 59.4 Å². The lowest BCUT2D eigenvalue weighted by Gasteiger charge is -2.07. The molecule has 3 aromatic rings. The predicted molar refractivity (Wildman–Crippen MR) is 106 cm³/mol. The number of benzene rings is 1. The zero-order valence-electron chi connectivity index (χ0n) is 16.4. The normalized spacial score (nSPS) is 10.4. The van der Waals surface area contributed by atoms with Gasteiger partial charge in [-0.3, -0.25) is 0 Å². The summed E-state index contributed by atoms with van der Waals surface area (Å²) in [6, 6.07) is 13.1. The molecule has 2 heterocycles. The van der Waals surface area contributed by atoms with E-state index in [9.17, 15) is 9.59 Å². The van der Waals surface area contributed by atoms with Crippen molar-refractivity contribution in [2.24, 2.45) is 0 Å². The molecule has 8 heteroatoms. The number of aromatic nitrogens is 2. The average Bonchev–Trinajstić information content (AvgIpc) is 3.05. The second kappa shape index (κ2) is 9.01. The van der Waals surface area contributed by atoms with Gasteiger partial charge in [0.1, 0.15) is 16.9 Å². The van der Waals surface area contributed by atoms with Crippen LogP contribution in [-0.2, 0) is 9.47 Å². The molecule has 150 valence electrons. The molecule has 8 nitrogen and oxygen atoms in total. The molecule has 29 heavy (non-hydrogen) atoms. The van der Waals surface area contributed by atoms with Crippen LogP contribution in [-0.4, -0.2) is 35.3 Å². The second-order valence-corrected chi connectivity index (χ2v) is 5.97. The van der Waals surface area contributed by atoms with Gasteiger partial charge in [-0.05, 0) is 32.9 Å². The molecule has 0 saturated carbocycles. The Morgan fingerprint density at radius 3 is 2.17 bits per heavy atom. The quantitative estimate of drug-likeness (QED) is 0.595. The average molecular weight is 395 g/mol. The van der Waals surface area contributed by atoms with Crippen LogP contribution in [0.4, 0.5) is 11.7 Å². The molecule has 0 saturated heterocycles. The van der Waals surface area contributed by atoms with Gasteiger partial charge >= 0.3 is 11.9 Å². The Labute approximate surface area is 167 Å². The van der Waals surface area contributed by atoms with Gasteiger partial charge in [0.05, 0.1) is 18.9 Å². The molecular formula is C21H21N3O5. The van der Waals surface area contributed by atoms with Gasteiger partial charge in [0.15, 0.2) is 5.82 Å². The molecule has 0 atom stereocenters. The van der Waals surface area contributed by atoms with Crippen molar-refractivity contribution in [2.75, 3.05) is 18.5 Å². The lowest BCUT2D eigenvalue weighted by atomic mass is 10.1. The zero-order chi connectivity index (χ0) is 20.8. The van der Waals surface area contributed by atoms with Crippen LogP contribution in [0.15, 0.2) is 46.9 Å². The molecule has 0 radical (unpaired) electrons. The maximum atomic E-state index is 12.5. The van der Waals surface area contributed by atoms with E-state index in [4.69, 9.17) is 13.9 Å². The summed E-state index contributed by atoms with van der Waals surface area (Å²) in [6.45, 7) is 5.25. The third kappa shape index (κ3) is 4.43. The number of anilines is 2. The van der Waals surface area contributed by atoms with E-state index in [2.05, 4.69) is 15.5 Å². The Bertz CT molecular complexity index is 997. The van der Waals surface area contributed by atoms with Crippen LogP contribution in [0.2, 0.25) is 0 Å². The number of nitrogens with zero attached hydrogens (tertiary/aromatic N) is 2. The van der Waals surface area contributed by atoms with Gasteiger partial charge in [0, 0.05) is 5.56 Å². The van der Waals surface area contributed by atoms with Gasteiger partial charge in [-0.1, -0.05) is 30.3 Å². The summed E-state index contributed by atoms with van der Waals surface area (Å²) >= 11 is 0. The molecule has 0 aliphatic carbocycles. The van der Waals surface area contributed by atoms with Gasteiger partial charge in [-0.25, -0.2) is 9.59 Å². The Morgan fingerprint density at radius 1 is 0.931 bits per heavy atom. The molecule has 0 fully saturated rings. The zero-order valence-corrected chi connectivity index (χ0v) is 16.4. The number of nitrogens with one attached hydrogen (secondary N) is 1. The van der Waals surface area contributed by atoms with Crippen LogP contribution < -0.4 is 5.32 Å².